The van der Waals surface area contributed by atoms with Gasteiger partial charge < -0.3 is 4.57 Å². The second-order valence-electron chi connectivity index (χ2n) is 11.2. The highest BCUT2D eigenvalue weighted by Gasteiger charge is 2.18. The minimum Gasteiger partial charge on any atom is -0.313 e. The van der Waals surface area contributed by atoms with E-state index in [2.05, 4.69) is 85.3 Å². The number of rotatable bonds is 9. The molecular weight excluding hydrogens is 607 g/mol. The predicted octanol–water partition coefficient (Wildman–Crippen LogP) is 11.1. The van der Waals surface area contributed by atoms with Crippen LogP contribution in [0.2, 0.25) is 0 Å². The van der Waals surface area contributed by atoms with Gasteiger partial charge >= 0.3 is 0 Å². The van der Waals surface area contributed by atoms with Crippen molar-refractivity contribution in [3.05, 3.63) is 157 Å². The van der Waals surface area contributed by atoms with Crippen molar-refractivity contribution in [3.8, 4) is 50.4 Å². The molecule has 0 aliphatic heterocycles. The summed E-state index contributed by atoms with van der Waals surface area (Å²) in [6.07, 6.45) is 12.0. The second kappa shape index (κ2) is 13.4. The van der Waals surface area contributed by atoms with Crippen LogP contribution in [0.5, 0.6) is 0 Å². The van der Waals surface area contributed by atoms with Crippen LogP contribution in [0.25, 0.3) is 78.9 Å². The summed E-state index contributed by atoms with van der Waals surface area (Å²) >= 11 is 1.67. The maximum absolute atomic E-state index is 5.11. The predicted molar refractivity (Wildman–Crippen MR) is 203 cm³/mol. The van der Waals surface area contributed by atoms with E-state index in [1.54, 1.807) is 17.4 Å². The Balaban J connectivity index is 1.30. The number of fused-ring (bicyclic) bond motifs is 1. The summed E-state index contributed by atoms with van der Waals surface area (Å²) in [4.78, 5) is 19.8. The van der Waals surface area contributed by atoms with E-state index in [9.17, 15) is 0 Å². The van der Waals surface area contributed by atoms with Crippen molar-refractivity contribution < 1.29 is 0 Å². The quantitative estimate of drug-likeness (QED) is 0.148. The van der Waals surface area contributed by atoms with Crippen molar-refractivity contribution in [3.63, 3.8) is 0 Å². The van der Waals surface area contributed by atoms with Crippen molar-refractivity contribution >= 4 is 39.8 Å². The molecule has 232 valence electrons. The third kappa shape index (κ3) is 5.85. The van der Waals surface area contributed by atoms with E-state index in [0.717, 1.165) is 65.7 Å². The van der Waals surface area contributed by atoms with Crippen molar-refractivity contribution in [2.24, 2.45) is 0 Å². The highest BCUT2D eigenvalue weighted by molar-refractivity contribution is 7.21. The zero-order valence-electron chi connectivity index (χ0n) is 26.8. The highest BCUT2D eigenvalue weighted by atomic mass is 32.1. The largest absolute Gasteiger partial charge is 0.313 e. The molecular formula is C42H33N5S. The molecule has 3 aromatic heterocycles. The summed E-state index contributed by atoms with van der Waals surface area (Å²) in [7, 11) is 0. The standard InChI is InChI=1S/C42H33N5S/c1-5-8-23-35-28(4)47(37(16-6-2)34(35)7-3)33-22-15-21-32(26-33)42-43-36-27-31(24-25-38(36)48-42)41-45-39(29-17-11-9-12-18-29)44-40(46-41)30-19-13-10-14-20-30/h5-27H,1,3H2,2,4H3/b16-6-,23-8-. The van der Waals surface area contributed by atoms with Crippen molar-refractivity contribution in [1.82, 2.24) is 24.5 Å². The van der Waals surface area contributed by atoms with Crippen molar-refractivity contribution in [2.75, 3.05) is 0 Å². The van der Waals surface area contributed by atoms with E-state index in [-0.39, 0.29) is 0 Å². The molecule has 0 spiro atoms. The summed E-state index contributed by atoms with van der Waals surface area (Å²) in [5, 5.41) is 0.947. The molecule has 0 atom stereocenters. The normalized spacial score (nSPS) is 11.5. The van der Waals surface area contributed by atoms with Gasteiger partial charge in [0.05, 0.1) is 15.9 Å². The van der Waals surface area contributed by atoms with Gasteiger partial charge in [0, 0.05) is 44.8 Å². The molecule has 7 aromatic rings. The monoisotopic (exact) mass is 639 g/mol. The minimum absolute atomic E-state index is 0.611. The average molecular weight is 640 g/mol. The Kier molecular flexibility index (Phi) is 8.56. The summed E-state index contributed by atoms with van der Waals surface area (Å²) in [5.74, 6) is 1.88. The summed E-state index contributed by atoms with van der Waals surface area (Å²) in [6, 6.07) is 34.9. The Morgan fingerprint density at radius 1 is 0.646 bits per heavy atom. The maximum atomic E-state index is 5.11. The van der Waals surface area contributed by atoms with Gasteiger partial charge in [0.15, 0.2) is 17.5 Å². The zero-order valence-corrected chi connectivity index (χ0v) is 27.7. The highest BCUT2D eigenvalue weighted by Crippen LogP contribution is 2.36. The van der Waals surface area contributed by atoms with Crippen LogP contribution in [0.15, 0.2) is 135 Å². The van der Waals surface area contributed by atoms with Crippen molar-refractivity contribution in [1.29, 1.82) is 0 Å². The summed E-state index contributed by atoms with van der Waals surface area (Å²) in [6.45, 7) is 12.2. The topological polar surface area (TPSA) is 56.5 Å². The van der Waals surface area contributed by atoms with Crippen LogP contribution in [0.1, 0.15) is 29.4 Å². The van der Waals surface area contributed by atoms with Gasteiger partial charge in [0.2, 0.25) is 0 Å². The van der Waals surface area contributed by atoms with Gasteiger partial charge in [-0.1, -0.05) is 116 Å². The Bertz CT molecular complexity index is 2290. The fourth-order valence-electron chi connectivity index (χ4n) is 5.90. The Hall–Kier alpha value is -5.98. The van der Waals surface area contributed by atoms with E-state index in [1.165, 1.54) is 0 Å². The first-order valence-corrected chi connectivity index (χ1v) is 16.6. The number of thiazole rings is 1. The smallest absolute Gasteiger partial charge is 0.164 e. The number of nitrogens with zero attached hydrogens (tertiary/aromatic N) is 5. The van der Waals surface area contributed by atoms with Crippen molar-refractivity contribution in [2.45, 2.75) is 13.8 Å². The number of allylic oxidation sites excluding steroid dienone is 3. The van der Waals surface area contributed by atoms with Crippen LogP contribution >= 0.6 is 11.3 Å². The molecule has 3 heterocycles. The molecule has 0 amide bonds. The van der Waals surface area contributed by atoms with Gasteiger partial charge in [-0.15, -0.1) is 11.3 Å². The molecule has 0 saturated carbocycles. The number of hydrogen-bond donors (Lipinski definition) is 0. The molecule has 0 aliphatic carbocycles. The Labute approximate surface area is 284 Å². The van der Waals surface area contributed by atoms with Gasteiger partial charge in [0.1, 0.15) is 5.01 Å². The molecule has 0 aliphatic rings. The zero-order chi connectivity index (χ0) is 33.0. The molecule has 48 heavy (non-hydrogen) atoms. The van der Waals surface area contributed by atoms with Gasteiger partial charge in [-0.3, -0.25) is 0 Å². The Morgan fingerprint density at radius 3 is 1.92 bits per heavy atom. The van der Waals surface area contributed by atoms with Crippen LogP contribution in [0.4, 0.5) is 0 Å². The first-order valence-electron chi connectivity index (χ1n) is 15.8. The van der Waals surface area contributed by atoms with Gasteiger partial charge in [-0.05, 0) is 50.3 Å². The number of aromatic nitrogens is 5. The lowest BCUT2D eigenvalue weighted by molar-refractivity contribution is 0.999. The molecule has 0 saturated heterocycles. The minimum atomic E-state index is 0.611. The molecule has 0 fully saturated rings. The fraction of sp³-hybridized carbons (Fsp3) is 0.0476. The lowest BCUT2D eigenvalue weighted by Crippen LogP contribution is -2.00. The lowest BCUT2D eigenvalue weighted by atomic mass is 10.1. The summed E-state index contributed by atoms with van der Waals surface area (Å²) in [5.41, 5.74) is 10.2. The molecule has 0 radical (unpaired) electrons. The van der Waals surface area contributed by atoms with Crippen LogP contribution in [-0.4, -0.2) is 24.5 Å². The van der Waals surface area contributed by atoms with E-state index < -0.39 is 0 Å². The van der Waals surface area contributed by atoms with Crippen LogP contribution in [0.3, 0.4) is 0 Å². The first kappa shape index (κ1) is 30.7. The summed E-state index contributed by atoms with van der Waals surface area (Å²) < 4.78 is 3.38. The molecule has 0 bridgehead atoms. The fourth-order valence-corrected chi connectivity index (χ4v) is 6.85. The number of hydrogen-bond acceptors (Lipinski definition) is 5. The Morgan fingerprint density at radius 2 is 1.29 bits per heavy atom. The molecule has 4 aromatic carbocycles. The number of benzene rings is 4. The van der Waals surface area contributed by atoms with Gasteiger partial charge in [-0.2, -0.15) is 0 Å². The van der Waals surface area contributed by atoms with Crippen LogP contribution < -0.4 is 0 Å². The molecule has 6 heteroatoms. The maximum Gasteiger partial charge on any atom is 0.164 e. The van der Waals surface area contributed by atoms with Crippen LogP contribution in [0, 0.1) is 6.92 Å². The molecule has 0 N–H and O–H groups in total. The van der Waals surface area contributed by atoms with Crippen LogP contribution in [-0.2, 0) is 0 Å². The SMILES string of the molecule is C=C/C=C\c1c(C=C)c(/C=C\C)n(-c2cccc(-c3nc4cc(-c5nc(-c6ccccc6)nc(-c6ccccc6)n5)ccc4s3)c2)c1C. The molecule has 0 unspecified atom stereocenters. The first-order chi connectivity index (χ1) is 23.6. The molecule has 5 nitrogen and oxygen atoms in total. The van der Waals surface area contributed by atoms with Gasteiger partial charge in [-0.25, -0.2) is 19.9 Å². The molecule has 7 rings (SSSR count). The average Bonchev–Trinajstić information content (AvgIpc) is 3.69. The van der Waals surface area contributed by atoms with E-state index in [0.29, 0.717) is 17.5 Å². The van der Waals surface area contributed by atoms with Gasteiger partial charge in [0.25, 0.3) is 0 Å². The lowest BCUT2D eigenvalue weighted by Gasteiger charge is -2.11. The van der Waals surface area contributed by atoms with E-state index in [1.807, 2.05) is 79.7 Å². The third-order valence-corrected chi connectivity index (χ3v) is 9.24. The van der Waals surface area contributed by atoms with E-state index in [4.69, 9.17) is 19.9 Å². The third-order valence-electron chi connectivity index (χ3n) is 8.16. The van der Waals surface area contributed by atoms with E-state index >= 15 is 0 Å². The second-order valence-corrected chi connectivity index (χ2v) is 12.3.